The van der Waals surface area contributed by atoms with E-state index in [0.717, 1.165) is 23.1 Å². The highest BCUT2D eigenvalue weighted by Crippen LogP contribution is 2.31. The molecule has 2 aromatic rings. The standard InChI is InChI=1S/C22H25NO2S/c1-3-4-10-20-16-23(17-21(20)15-19-8-6-5-7-9-19)26(24,25)22-13-11-18(2)12-14-22/h4-15,20H,3,16-17H2,1-2H3/b10-4+,21-15+/t20-/m0/s1. The molecule has 0 spiro atoms. The molecule has 1 atom stereocenters. The minimum absolute atomic E-state index is 0.121. The first-order valence-electron chi connectivity index (χ1n) is 8.99. The molecule has 1 aliphatic heterocycles. The summed E-state index contributed by atoms with van der Waals surface area (Å²) in [4.78, 5) is 0.363. The second kappa shape index (κ2) is 8.02. The molecule has 4 heteroatoms. The summed E-state index contributed by atoms with van der Waals surface area (Å²) in [5.41, 5.74) is 3.29. The normalized spacial score (nSPS) is 20.2. The van der Waals surface area contributed by atoms with Crippen molar-refractivity contribution in [3.05, 3.63) is 83.4 Å². The van der Waals surface area contributed by atoms with Gasteiger partial charge in [0.1, 0.15) is 0 Å². The second-order valence-corrected chi connectivity index (χ2v) is 8.62. The lowest BCUT2D eigenvalue weighted by Gasteiger charge is -2.15. The Kier molecular flexibility index (Phi) is 5.74. The van der Waals surface area contributed by atoms with Crippen LogP contribution in [-0.2, 0) is 10.0 Å². The Morgan fingerprint density at radius 1 is 1.08 bits per heavy atom. The van der Waals surface area contributed by atoms with Crippen molar-refractivity contribution >= 4 is 16.1 Å². The summed E-state index contributed by atoms with van der Waals surface area (Å²) >= 11 is 0. The maximum atomic E-state index is 13.0. The first-order valence-corrected chi connectivity index (χ1v) is 10.4. The number of hydrogen-bond donors (Lipinski definition) is 0. The molecule has 136 valence electrons. The highest BCUT2D eigenvalue weighted by molar-refractivity contribution is 7.89. The largest absolute Gasteiger partial charge is 0.243 e. The molecule has 0 saturated carbocycles. The molecule has 0 amide bonds. The van der Waals surface area contributed by atoms with Crippen molar-refractivity contribution in [2.24, 2.45) is 5.92 Å². The predicted molar refractivity (Wildman–Crippen MR) is 107 cm³/mol. The summed E-state index contributed by atoms with van der Waals surface area (Å²) in [6.07, 6.45) is 7.32. The van der Waals surface area contributed by atoms with Crippen molar-refractivity contribution in [3.8, 4) is 0 Å². The zero-order valence-corrected chi connectivity index (χ0v) is 16.1. The van der Waals surface area contributed by atoms with E-state index in [0.29, 0.717) is 18.0 Å². The molecular formula is C22H25NO2S. The van der Waals surface area contributed by atoms with Crippen LogP contribution in [0.15, 0.2) is 77.2 Å². The van der Waals surface area contributed by atoms with E-state index in [-0.39, 0.29) is 5.92 Å². The molecule has 3 nitrogen and oxygen atoms in total. The van der Waals surface area contributed by atoms with E-state index >= 15 is 0 Å². The van der Waals surface area contributed by atoms with Gasteiger partial charge in [-0.3, -0.25) is 0 Å². The van der Waals surface area contributed by atoms with Gasteiger partial charge in [-0.15, -0.1) is 0 Å². The first kappa shape index (κ1) is 18.6. The summed E-state index contributed by atoms with van der Waals surface area (Å²) in [7, 11) is -3.48. The third-order valence-electron chi connectivity index (χ3n) is 4.65. The highest BCUT2D eigenvalue weighted by Gasteiger charge is 2.34. The van der Waals surface area contributed by atoms with E-state index in [1.54, 1.807) is 16.4 Å². The van der Waals surface area contributed by atoms with Crippen molar-refractivity contribution in [3.63, 3.8) is 0 Å². The van der Waals surface area contributed by atoms with Gasteiger partial charge >= 0.3 is 0 Å². The molecule has 1 heterocycles. The quantitative estimate of drug-likeness (QED) is 0.721. The van der Waals surface area contributed by atoms with Crippen LogP contribution in [0, 0.1) is 12.8 Å². The SMILES string of the molecule is CC/C=C/[C@H]1CN(S(=O)(=O)c2ccc(C)cc2)C/C1=C\c1ccccc1. The van der Waals surface area contributed by atoms with Crippen LogP contribution in [0.25, 0.3) is 6.08 Å². The van der Waals surface area contributed by atoms with Gasteiger partial charge in [0.05, 0.1) is 4.90 Å². The van der Waals surface area contributed by atoms with Crippen molar-refractivity contribution in [2.45, 2.75) is 25.2 Å². The number of rotatable bonds is 5. The van der Waals surface area contributed by atoms with Gasteiger partial charge in [0.15, 0.2) is 0 Å². The Morgan fingerprint density at radius 3 is 2.42 bits per heavy atom. The first-order chi connectivity index (χ1) is 12.5. The molecule has 2 aromatic carbocycles. The van der Waals surface area contributed by atoms with Crippen LogP contribution in [-0.4, -0.2) is 25.8 Å². The molecule has 26 heavy (non-hydrogen) atoms. The summed E-state index contributed by atoms with van der Waals surface area (Å²) in [5.74, 6) is 0.121. The van der Waals surface area contributed by atoms with E-state index in [1.807, 2.05) is 49.4 Å². The number of allylic oxidation sites excluding steroid dienone is 1. The van der Waals surface area contributed by atoms with Crippen LogP contribution in [0.2, 0.25) is 0 Å². The smallest absolute Gasteiger partial charge is 0.207 e. The average Bonchev–Trinajstić information content (AvgIpc) is 3.05. The number of benzene rings is 2. The van der Waals surface area contributed by atoms with Crippen LogP contribution in [0.1, 0.15) is 24.5 Å². The van der Waals surface area contributed by atoms with Gasteiger partial charge < -0.3 is 0 Å². The predicted octanol–water partition coefficient (Wildman–Crippen LogP) is 4.67. The van der Waals surface area contributed by atoms with E-state index in [4.69, 9.17) is 0 Å². The molecule has 0 unspecified atom stereocenters. The highest BCUT2D eigenvalue weighted by atomic mass is 32.2. The zero-order chi connectivity index (χ0) is 18.6. The monoisotopic (exact) mass is 367 g/mol. The third-order valence-corrected chi connectivity index (χ3v) is 6.48. The Hall–Kier alpha value is -2.17. The topological polar surface area (TPSA) is 37.4 Å². The maximum Gasteiger partial charge on any atom is 0.243 e. The lowest BCUT2D eigenvalue weighted by molar-refractivity contribution is 0.471. The fraction of sp³-hybridized carbons (Fsp3) is 0.273. The van der Waals surface area contributed by atoms with E-state index < -0.39 is 10.0 Å². The molecule has 0 aliphatic carbocycles. The number of nitrogens with zero attached hydrogens (tertiary/aromatic N) is 1. The maximum absolute atomic E-state index is 13.0. The molecule has 0 radical (unpaired) electrons. The number of sulfonamides is 1. The minimum Gasteiger partial charge on any atom is -0.207 e. The van der Waals surface area contributed by atoms with Crippen LogP contribution < -0.4 is 0 Å². The van der Waals surface area contributed by atoms with Gasteiger partial charge in [0.2, 0.25) is 10.0 Å². The van der Waals surface area contributed by atoms with Crippen molar-refractivity contribution < 1.29 is 8.42 Å². The van der Waals surface area contributed by atoms with Gasteiger partial charge in [-0.2, -0.15) is 4.31 Å². The molecule has 1 fully saturated rings. The third kappa shape index (κ3) is 4.14. The van der Waals surface area contributed by atoms with E-state index in [9.17, 15) is 8.42 Å². The Bertz CT molecular complexity index is 897. The molecule has 3 rings (SSSR count). The zero-order valence-electron chi connectivity index (χ0n) is 15.3. The molecule has 1 aliphatic rings. The Balaban J connectivity index is 1.91. The summed E-state index contributed by atoms with van der Waals surface area (Å²) in [6.45, 7) is 4.97. The average molecular weight is 368 g/mol. The van der Waals surface area contributed by atoms with Gasteiger partial charge in [-0.05, 0) is 36.6 Å². The van der Waals surface area contributed by atoms with Gasteiger partial charge in [-0.1, -0.05) is 73.2 Å². The lowest BCUT2D eigenvalue weighted by atomic mass is 9.99. The summed E-state index contributed by atoms with van der Waals surface area (Å²) < 4.78 is 27.7. The Labute approximate surface area is 156 Å². The van der Waals surface area contributed by atoms with Crippen LogP contribution in [0.5, 0.6) is 0 Å². The van der Waals surface area contributed by atoms with Crippen LogP contribution >= 0.6 is 0 Å². The van der Waals surface area contributed by atoms with E-state index in [2.05, 4.69) is 25.2 Å². The van der Waals surface area contributed by atoms with Crippen molar-refractivity contribution in [2.75, 3.05) is 13.1 Å². The van der Waals surface area contributed by atoms with Crippen LogP contribution in [0.4, 0.5) is 0 Å². The number of aryl methyl sites for hydroxylation is 1. The molecule has 1 saturated heterocycles. The number of hydrogen-bond acceptors (Lipinski definition) is 2. The Morgan fingerprint density at radius 2 is 1.77 bits per heavy atom. The van der Waals surface area contributed by atoms with Gasteiger partial charge in [-0.25, -0.2) is 8.42 Å². The minimum atomic E-state index is -3.48. The lowest BCUT2D eigenvalue weighted by Crippen LogP contribution is -2.28. The summed E-state index contributed by atoms with van der Waals surface area (Å²) in [5, 5.41) is 0. The van der Waals surface area contributed by atoms with Gasteiger partial charge in [0, 0.05) is 19.0 Å². The summed E-state index contributed by atoms with van der Waals surface area (Å²) in [6, 6.07) is 17.2. The molecular weight excluding hydrogens is 342 g/mol. The molecule has 0 aromatic heterocycles. The van der Waals surface area contributed by atoms with Crippen LogP contribution in [0.3, 0.4) is 0 Å². The van der Waals surface area contributed by atoms with Gasteiger partial charge in [0.25, 0.3) is 0 Å². The molecule has 0 bridgehead atoms. The van der Waals surface area contributed by atoms with Crippen molar-refractivity contribution in [1.29, 1.82) is 0 Å². The fourth-order valence-corrected chi connectivity index (χ4v) is 4.62. The van der Waals surface area contributed by atoms with Crippen molar-refractivity contribution in [1.82, 2.24) is 4.31 Å². The fourth-order valence-electron chi connectivity index (χ4n) is 3.17. The van der Waals surface area contributed by atoms with E-state index in [1.165, 1.54) is 0 Å². The second-order valence-electron chi connectivity index (χ2n) is 6.68. The molecule has 0 N–H and O–H groups in total.